The zero-order valence-corrected chi connectivity index (χ0v) is 10.4. The molecule has 2 aromatic heterocycles. The van der Waals surface area contributed by atoms with E-state index in [1.54, 1.807) is 0 Å². The third-order valence-corrected chi connectivity index (χ3v) is 2.12. The highest BCUT2D eigenvalue weighted by atomic mass is 14.7. The van der Waals surface area contributed by atoms with Crippen LogP contribution in [0.3, 0.4) is 0 Å². The SMILES string of the molecule is Cc1ccc(C)nc1.Cc1ccc(C)nc1. The van der Waals surface area contributed by atoms with Crippen LogP contribution in [0.5, 0.6) is 0 Å². The minimum absolute atomic E-state index is 1.08. The van der Waals surface area contributed by atoms with Gasteiger partial charge < -0.3 is 0 Å². The maximum absolute atomic E-state index is 4.08. The first-order valence-electron chi connectivity index (χ1n) is 5.36. The van der Waals surface area contributed by atoms with Crippen LogP contribution in [0.2, 0.25) is 0 Å². The Bertz CT molecular complexity index is 330. The minimum atomic E-state index is 1.08. The van der Waals surface area contributed by atoms with Crippen LogP contribution in [-0.4, -0.2) is 9.97 Å². The average Bonchev–Trinajstić information content (AvgIpc) is 2.28. The van der Waals surface area contributed by atoms with E-state index in [4.69, 9.17) is 0 Å². The predicted molar refractivity (Wildman–Crippen MR) is 67.4 cm³/mol. The van der Waals surface area contributed by atoms with Gasteiger partial charge in [-0.05, 0) is 51.0 Å². The van der Waals surface area contributed by atoms with E-state index in [-0.39, 0.29) is 0 Å². The second kappa shape index (κ2) is 6.01. The van der Waals surface area contributed by atoms with Crippen molar-refractivity contribution in [3.05, 3.63) is 59.2 Å². The van der Waals surface area contributed by atoms with Crippen molar-refractivity contribution in [2.75, 3.05) is 0 Å². The van der Waals surface area contributed by atoms with Gasteiger partial charge in [-0.3, -0.25) is 9.97 Å². The fourth-order valence-corrected chi connectivity index (χ4v) is 1.08. The molecule has 0 aliphatic carbocycles. The molecule has 84 valence electrons. The lowest BCUT2D eigenvalue weighted by Crippen LogP contribution is -1.78. The maximum Gasteiger partial charge on any atom is 0.0372 e. The highest BCUT2D eigenvalue weighted by Crippen LogP contribution is 1.95. The van der Waals surface area contributed by atoms with Crippen LogP contribution in [0.1, 0.15) is 22.5 Å². The van der Waals surface area contributed by atoms with E-state index in [2.05, 4.69) is 22.1 Å². The second-order valence-electron chi connectivity index (χ2n) is 3.95. The molecule has 0 N–H and O–H groups in total. The lowest BCUT2D eigenvalue weighted by molar-refractivity contribution is 1.17. The Kier molecular flexibility index (Phi) is 4.65. The Labute approximate surface area is 97.4 Å². The summed E-state index contributed by atoms with van der Waals surface area (Å²) in [5, 5.41) is 0. The van der Waals surface area contributed by atoms with Gasteiger partial charge in [0.25, 0.3) is 0 Å². The highest BCUT2D eigenvalue weighted by molar-refractivity contribution is 5.11. The molecule has 0 bridgehead atoms. The van der Waals surface area contributed by atoms with Gasteiger partial charge in [0.1, 0.15) is 0 Å². The van der Waals surface area contributed by atoms with E-state index in [0.717, 1.165) is 11.4 Å². The van der Waals surface area contributed by atoms with Crippen molar-refractivity contribution < 1.29 is 0 Å². The molecule has 0 aromatic carbocycles. The average molecular weight is 214 g/mol. The molecule has 16 heavy (non-hydrogen) atoms. The largest absolute Gasteiger partial charge is 0.261 e. The summed E-state index contributed by atoms with van der Waals surface area (Å²) in [6.45, 7) is 8.04. The van der Waals surface area contributed by atoms with Crippen LogP contribution in [0.25, 0.3) is 0 Å². The van der Waals surface area contributed by atoms with E-state index in [0.29, 0.717) is 0 Å². The fraction of sp³-hybridized carbons (Fsp3) is 0.286. The minimum Gasteiger partial charge on any atom is -0.261 e. The molecule has 2 heteroatoms. The number of hydrogen-bond donors (Lipinski definition) is 0. The molecule has 0 aliphatic heterocycles. The molecule has 0 spiro atoms. The summed E-state index contributed by atoms with van der Waals surface area (Å²) >= 11 is 0. The molecular formula is C14H18N2. The molecule has 0 unspecified atom stereocenters. The molecule has 2 nitrogen and oxygen atoms in total. The summed E-state index contributed by atoms with van der Waals surface area (Å²) in [5.74, 6) is 0. The topological polar surface area (TPSA) is 25.8 Å². The van der Waals surface area contributed by atoms with Crippen molar-refractivity contribution in [1.29, 1.82) is 0 Å². The van der Waals surface area contributed by atoms with Crippen molar-refractivity contribution in [3.8, 4) is 0 Å². The van der Waals surface area contributed by atoms with E-state index >= 15 is 0 Å². The molecular weight excluding hydrogens is 196 g/mol. The van der Waals surface area contributed by atoms with Crippen molar-refractivity contribution >= 4 is 0 Å². The van der Waals surface area contributed by atoms with Gasteiger partial charge in [0.15, 0.2) is 0 Å². The number of aromatic nitrogens is 2. The van der Waals surface area contributed by atoms with Gasteiger partial charge in [-0.25, -0.2) is 0 Å². The number of pyridine rings is 2. The molecule has 0 saturated heterocycles. The van der Waals surface area contributed by atoms with Crippen molar-refractivity contribution in [3.63, 3.8) is 0 Å². The Hall–Kier alpha value is -1.70. The molecule has 2 rings (SSSR count). The van der Waals surface area contributed by atoms with Gasteiger partial charge in [-0.1, -0.05) is 12.1 Å². The zero-order chi connectivity index (χ0) is 12.0. The van der Waals surface area contributed by atoms with Gasteiger partial charge in [0.05, 0.1) is 0 Å². The third kappa shape index (κ3) is 4.69. The smallest absolute Gasteiger partial charge is 0.0372 e. The van der Waals surface area contributed by atoms with Gasteiger partial charge in [-0.15, -0.1) is 0 Å². The summed E-state index contributed by atoms with van der Waals surface area (Å²) in [7, 11) is 0. The summed E-state index contributed by atoms with van der Waals surface area (Å²) in [6.07, 6.45) is 3.74. The molecule has 0 fully saturated rings. The third-order valence-electron chi connectivity index (χ3n) is 2.12. The van der Waals surface area contributed by atoms with Gasteiger partial charge in [0, 0.05) is 23.8 Å². The van der Waals surface area contributed by atoms with E-state index in [1.807, 2.05) is 52.2 Å². The predicted octanol–water partition coefficient (Wildman–Crippen LogP) is 3.40. The van der Waals surface area contributed by atoms with Gasteiger partial charge in [0.2, 0.25) is 0 Å². The van der Waals surface area contributed by atoms with Crippen LogP contribution in [0.15, 0.2) is 36.7 Å². The quantitative estimate of drug-likeness (QED) is 0.671. The first-order valence-corrected chi connectivity index (χ1v) is 5.36. The van der Waals surface area contributed by atoms with E-state index < -0.39 is 0 Å². The van der Waals surface area contributed by atoms with Gasteiger partial charge in [-0.2, -0.15) is 0 Å². The fourth-order valence-electron chi connectivity index (χ4n) is 1.08. The second-order valence-corrected chi connectivity index (χ2v) is 3.95. The summed E-state index contributed by atoms with van der Waals surface area (Å²) in [6, 6.07) is 8.13. The lowest BCUT2D eigenvalue weighted by atomic mass is 10.3. The number of nitrogens with zero attached hydrogens (tertiary/aromatic N) is 2. The summed E-state index contributed by atoms with van der Waals surface area (Å²) in [4.78, 5) is 8.16. The van der Waals surface area contributed by atoms with Crippen LogP contribution in [-0.2, 0) is 0 Å². The molecule has 0 saturated carbocycles. The number of hydrogen-bond acceptors (Lipinski definition) is 2. The van der Waals surface area contributed by atoms with E-state index in [9.17, 15) is 0 Å². The van der Waals surface area contributed by atoms with Crippen LogP contribution in [0, 0.1) is 27.7 Å². The number of rotatable bonds is 0. The molecule has 0 amide bonds. The Morgan fingerprint density at radius 3 is 1.19 bits per heavy atom. The van der Waals surface area contributed by atoms with Crippen LogP contribution >= 0.6 is 0 Å². The lowest BCUT2D eigenvalue weighted by Gasteiger charge is -1.89. The maximum atomic E-state index is 4.08. The zero-order valence-electron chi connectivity index (χ0n) is 10.4. The highest BCUT2D eigenvalue weighted by Gasteiger charge is 1.81. The number of aryl methyl sites for hydroxylation is 4. The Morgan fingerprint density at radius 2 is 1.00 bits per heavy atom. The van der Waals surface area contributed by atoms with Crippen molar-refractivity contribution in [1.82, 2.24) is 9.97 Å². The molecule has 2 heterocycles. The van der Waals surface area contributed by atoms with Gasteiger partial charge >= 0.3 is 0 Å². The van der Waals surface area contributed by atoms with Crippen molar-refractivity contribution in [2.24, 2.45) is 0 Å². The summed E-state index contributed by atoms with van der Waals surface area (Å²) in [5.41, 5.74) is 4.59. The first kappa shape index (κ1) is 12.4. The molecule has 2 aromatic rings. The normalized spacial score (nSPS) is 9.25. The molecule has 0 aliphatic rings. The summed E-state index contributed by atoms with van der Waals surface area (Å²) < 4.78 is 0. The molecule has 0 radical (unpaired) electrons. The first-order chi connectivity index (χ1) is 7.58. The molecule has 0 atom stereocenters. The van der Waals surface area contributed by atoms with Crippen molar-refractivity contribution in [2.45, 2.75) is 27.7 Å². The Balaban J connectivity index is 0.000000160. The van der Waals surface area contributed by atoms with Crippen LogP contribution in [0.4, 0.5) is 0 Å². The van der Waals surface area contributed by atoms with E-state index in [1.165, 1.54) is 11.1 Å². The Morgan fingerprint density at radius 1 is 0.625 bits per heavy atom. The standard InChI is InChI=1S/2C7H9N/c2*1-6-3-4-7(2)8-5-6/h2*3-5H,1-2H3. The monoisotopic (exact) mass is 214 g/mol. The van der Waals surface area contributed by atoms with Crippen LogP contribution < -0.4 is 0 Å².